The van der Waals surface area contributed by atoms with Crippen molar-refractivity contribution in [2.45, 2.75) is 25.9 Å². The lowest BCUT2D eigenvalue weighted by Gasteiger charge is -2.17. The number of hydrogen-bond donors (Lipinski definition) is 1. The van der Waals surface area contributed by atoms with Crippen molar-refractivity contribution in [1.29, 1.82) is 0 Å². The Morgan fingerprint density at radius 2 is 2.04 bits per heavy atom. The average Bonchev–Trinajstić information content (AvgIpc) is 2.90. The third-order valence-electron chi connectivity index (χ3n) is 4.12. The number of nitrogens with zero attached hydrogens (tertiary/aromatic N) is 2. The van der Waals surface area contributed by atoms with E-state index in [4.69, 9.17) is 0 Å². The normalized spacial score (nSPS) is 17.0. The molecule has 2 heterocycles. The molecule has 1 aromatic carbocycles. The molecule has 0 spiro atoms. The topological polar surface area (TPSA) is 62.3 Å². The van der Waals surface area contributed by atoms with Crippen LogP contribution in [0.25, 0.3) is 0 Å². The first-order valence-electron chi connectivity index (χ1n) is 7.90. The molecule has 0 unspecified atom stereocenters. The van der Waals surface area contributed by atoms with Crippen molar-refractivity contribution in [2.75, 3.05) is 6.54 Å². The van der Waals surface area contributed by atoms with Crippen LogP contribution >= 0.6 is 0 Å². The summed E-state index contributed by atoms with van der Waals surface area (Å²) in [5.74, 6) is -2.97. The van der Waals surface area contributed by atoms with Gasteiger partial charge in [-0.3, -0.25) is 9.59 Å². The van der Waals surface area contributed by atoms with Gasteiger partial charge in [-0.1, -0.05) is 29.8 Å². The summed E-state index contributed by atoms with van der Waals surface area (Å²) in [5.41, 5.74) is 1.61. The van der Waals surface area contributed by atoms with Crippen LogP contribution < -0.4 is 5.32 Å². The number of carbonyl (C=O) groups is 2. The molecule has 7 heteroatoms. The second-order valence-corrected chi connectivity index (χ2v) is 6.04. The molecule has 0 bridgehead atoms. The third kappa shape index (κ3) is 3.81. The molecule has 3 rings (SSSR count). The molecule has 1 saturated heterocycles. The summed E-state index contributed by atoms with van der Waals surface area (Å²) in [6, 6.07) is 7.70. The zero-order chi connectivity index (χ0) is 18.0. The molecule has 2 amide bonds. The first-order chi connectivity index (χ1) is 11.9. The van der Waals surface area contributed by atoms with Gasteiger partial charge in [-0.15, -0.1) is 0 Å². The Bertz CT molecular complexity index is 808. The first-order valence-corrected chi connectivity index (χ1v) is 7.90. The lowest BCUT2D eigenvalue weighted by Crippen LogP contribution is -2.41. The summed E-state index contributed by atoms with van der Waals surface area (Å²) < 4.78 is 26.5. The van der Waals surface area contributed by atoms with Crippen LogP contribution in [-0.2, 0) is 11.3 Å². The van der Waals surface area contributed by atoms with Crippen molar-refractivity contribution in [3.63, 3.8) is 0 Å². The first kappa shape index (κ1) is 17.0. The number of amides is 2. The van der Waals surface area contributed by atoms with E-state index in [1.165, 1.54) is 0 Å². The van der Waals surface area contributed by atoms with Crippen molar-refractivity contribution in [1.82, 2.24) is 15.2 Å². The Balaban J connectivity index is 1.63. The van der Waals surface area contributed by atoms with E-state index in [9.17, 15) is 18.4 Å². The molecule has 130 valence electrons. The maximum atomic E-state index is 13.6. The molecule has 0 saturated carbocycles. The maximum Gasteiger partial charge on any atom is 0.273 e. The number of likely N-dealkylation sites (tertiary alicyclic amines) is 1. The Hall–Kier alpha value is -2.83. The second kappa shape index (κ2) is 6.96. The number of pyridine rings is 1. The zero-order valence-corrected chi connectivity index (χ0v) is 13.6. The van der Waals surface area contributed by atoms with E-state index < -0.39 is 29.3 Å². The standard InChI is InChI=1S/C18H17F2N3O2/c1-11-2-4-12(5-3-11)10-23-7-6-15(18(23)25)22-17(24)16-14(20)8-13(19)9-21-16/h2-5,8-9,15H,6-7,10H2,1H3,(H,22,24)/t15-/m1/s1. The molecule has 1 aliphatic heterocycles. The Labute approximate surface area is 143 Å². The van der Waals surface area contributed by atoms with Crippen LogP contribution in [0.1, 0.15) is 28.0 Å². The van der Waals surface area contributed by atoms with Crippen molar-refractivity contribution in [2.24, 2.45) is 0 Å². The number of benzene rings is 1. The predicted octanol–water partition coefficient (Wildman–Crippen LogP) is 2.20. The SMILES string of the molecule is Cc1ccc(CN2CC[C@@H](NC(=O)c3ncc(F)cc3F)C2=O)cc1. The minimum absolute atomic E-state index is 0.226. The summed E-state index contributed by atoms with van der Waals surface area (Å²) in [6.07, 6.45) is 1.19. The van der Waals surface area contributed by atoms with Crippen LogP contribution in [0.2, 0.25) is 0 Å². The van der Waals surface area contributed by atoms with E-state index in [1.54, 1.807) is 4.90 Å². The highest BCUT2D eigenvalue weighted by Gasteiger charge is 2.33. The van der Waals surface area contributed by atoms with E-state index >= 15 is 0 Å². The minimum atomic E-state index is -1.06. The second-order valence-electron chi connectivity index (χ2n) is 6.04. The van der Waals surface area contributed by atoms with Crippen LogP contribution in [0, 0.1) is 18.6 Å². The van der Waals surface area contributed by atoms with Gasteiger partial charge in [0.1, 0.15) is 11.9 Å². The Morgan fingerprint density at radius 3 is 2.72 bits per heavy atom. The molecule has 0 aliphatic carbocycles. The lowest BCUT2D eigenvalue weighted by atomic mass is 10.1. The van der Waals surface area contributed by atoms with Crippen LogP contribution in [0.15, 0.2) is 36.5 Å². The summed E-state index contributed by atoms with van der Waals surface area (Å²) in [5, 5.41) is 2.48. The molecule has 1 aromatic heterocycles. The van der Waals surface area contributed by atoms with Gasteiger partial charge >= 0.3 is 0 Å². The highest BCUT2D eigenvalue weighted by molar-refractivity contribution is 5.96. The van der Waals surface area contributed by atoms with Crippen LogP contribution in [-0.4, -0.2) is 34.3 Å². The van der Waals surface area contributed by atoms with Crippen molar-refractivity contribution in [3.8, 4) is 0 Å². The highest BCUT2D eigenvalue weighted by atomic mass is 19.1. The number of halogens is 2. The highest BCUT2D eigenvalue weighted by Crippen LogP contribution is 2.16. The molecule has 1 aliphatic rings. The number of nitrogens with one attached hydrogen (secondary N) is 1. The van der Waals surface area contributed by atoms with Crippen molar-refractivity contribution < 1.29 is 18.4 Å². The van der Waals surface area contributed by atoms with Gasteiger partial charge in [0.05, 0.1) is 6.20 Å². The fourth-order valence-electron chi connectivity index (χ4n) is 2.75. The third-order valence-corrected chi connectivity index (χ3v) is 4.12. The smallest absolute Gasteiger partial charge is 0.273 e. The van der Waals surface area contributed by atoms with Crippen LogP contribution in [0.4, 0.5) is 8.78 Å². The van der Waals surface area contributed by atoms with Crippen LogP contribution in [0.3, 0.4) is 0 Å². The molecule has 0 radical (unpaired) electrons. The molecule has 1 N–H and O–H groups in total. The van der Waals surface area contributed by atoms with Gasteiger partial charge in [0.2, 0.25) is 5.91 Å². The molecule has 25 heavy (non-hydrogen) atoms. The van der Waals surface area contributed by atoms with Crippen molar-refractivity contribution >= 4 is 11.8 Å². The quantitative estimate of drug-likeness (QED) is 0.924. The monoisotopic (exact) mass is 345 g/mol. The van der Waals surface area contributed by atoms with E-state index in [2.05, 4.69) is 10.3 Å². The molecule has 1 fully saturated rings. The number of rotatable bonds is 4. The van der Waals surface area contributed by atoms with E-state index in [0.717, 1.165) is 17.3 Å². The largest absolute Gasteiger partial charge is 0.339 e. The van der Waals surface area contributed by atoms with Gasteiger partial charge in [-0.25, -0.2) is 13.8 Å². The van der Waals surface area contributed by atoms with Gasteiger partial charge in [0, 0.05) is 19.2 Å². The Morgan fingerprint density at radius 1 is 1.32 bits per heavy atom. The number of aryl methyl sites for hydroxylation is 1. The van der Waals surface area contributed by atoms with E-state index in [-0.39, 0.29) is 5.91 Å². The van der Waals surface area contributed by atoms with Crippen LogP contribution in [0.5, 0.6) is 0 Å². The summed E-state index contributed by atoms with van der Waals surface area (Å²) in [7, 11) is 0. The van der Waals surface area contributed by atoms with Gasteiger partial charge in [-0.2, -0.15) is 0 Å². The zero-order valence-electron chi connectivity index (χ0n) is 13.6. The predicted molar refractivity (Wildman–Crippen MR) is 86.6 cm³/mol. The van der Waals surface area contributed by atoms with Gasteiger partial charge in [0.15, 0.2) is 11.5 Å². The average molecular weight is 345 g/mol. The van der Waals surface area contributed by atoms with Gasteiger partial charge < -0.3 is 10.2 Å². The molecule has 1 atom stereocenters. The number of aromatic nitrogens is 1. The molecular formula is C18H17F2N3O2. The van der Waals surface area contributed by atoms with E-state index in [0.29, 0.717) is 25.6 Å². The molecule has 5 nitrogen and oxygen atoms in total. The maximum absolute atomic E-state index is 13.6. The van der Waals surface area contributed by atoms with Gasteiger partial charge in [0.25, 0.3) is 5.91 Å². The number of hydrogen-bond acceptors (Lipinski definition) is 3. The lowest BCUT2D eigenvalue weighted by molar-refractivity contribution is -0.129. The summed E-state index contributed by atoms with van der Waals surface area (Å²) in [4.78, 5) is 29.6. The summed E-state index contributed by atoms with van der Waals surface area (Å²) in [6.45, 7) is 2.94. The fourth-order valence-corrected chi connectivity index (χ4v) is 2.75. The number of carbonyl (C=O) groups excluding carboxylic acids is 2. The molecular weight excluding hydrogens is 328 g/mol. The van der Waals surface area contributed by atoms with Crippen molar-refractivity contribution in [3.05, 3.63) is 65.0 Å². The van der Waals surface area contributed by atoms with E-state index in [1.807, 2.05) is 31.2 Å². The van der Waals surface area contributed by atoms with Gasteiger partial charge in [-0.05, 0) is 18.9 Å². The molecule has 2 aromatic rings. The Kier molecular flexibility index (Phi) is 4.74. The summed E-state index contributed by atoms with van der Waals surface area (Å²) >= 11 is 0. The fraction of sp³-hybridized carbons (Fsp3) is 0.278. The minimum Gasteiger partial charge on any atom is -0.339 e.